The van der Waals surface area contributed by atoms with Crippen molar-refractivity contribution in [2.24, 2.45) is 5.92 Å². The molecule has 0 aliphatic heterocycles. The van der Waals surface area contributed by atoms with Crippen molar-refractivity contribution in [3.63, 3.8) is 0 Å². The van der Waals surface area contributed by atoms with Crippen molar-refractivity contribution in [3.8, 4) is 28.1 Å². The van der Waals surface area contributed by atoms with E-state index < -0.39 is 12.6 Å². The summed E-state index contributed by atoms with van der Waals surface area (Å²) in [5, 5.41) is 13.3. The van der Waals surface area contributed by atoms with Crippen LogP contribution in [-0.4, -0.2) is 33.0 Å². The highest BCUT2D eigenvalue weighted by molar-refractivity contribution is 5.98. The number of phenols is 1. The first-order valence-corrected chi connectivity index (χ1v) is 11.9. The van der Waals surface area contributed by atoms with Gasteiger partial charge in [0.1, 0.15) is 5.75 Å². The fraction of sp³-hybridized carbons (Fsp3) is 0.286. The van der Waals surface area contributed by atoms with Crippen molar-refractivity contribution in [1.82, 2.24) is 9.38 Å². The van der Waals surface area contributed by atoms with Crippen LogP contribution in [0.3, 0.4) is 0 Å². The van der Waals surface area contributed by atoms with Crippen molar-refractivity contribution >= 4 is 17.1 Å². The summed E-state index contributed by atoms with van der Waals surface area (Å²) in [6, 6.07) is 14.1. The van der Waals surface area contributed by atoms with E-state index >= 15 is 0 Å². The summed E-state index contributed by atoms with van der Waals surface area (Å²) in [6.45, 7) is 1.60. The first-order chi connectivity index (χ1) is 17.2. The molecular weight excluding hydrogens is 467 g/mol. The second kappa shape index (κ2) is 9.33. The van der Waals surface area contributed by atoms with Crippen LogP contribution in [0.2, 0.25) is 0 Å². The van der Waals surface area contributed by atoms with Crippen LogP contribution < -0.4 is 5.32 Å². The number of carbonyl (C=O) groups is 1. The van der Waals surface area contributed by atoms with Gasteiger partial charge in [-0.3, -0.25) is 9.20 Å². The Morgan fingerprint density at radius 1 is 1.14 bits per heavy atom. The molecule has 1 saturated carbocycles. The van der Waals surface area contributed by atoms with E-state index in [1.54, 1.807) is 40.9 Å². The minimum absolute atomic E-state index is 0.0640. The van der Waals surface area contributed by atoms with Gasteiger partial charge in [0.2, 0.25) is 0 Å². The third-order valence-corrected chi connectivity index (χ3v) is 6.54. The van der Waals surface area contributed by atoms with Crippen LogP contribution in [0.4, 0.5) is 18.9 Å². The molecule has 5 rings (SSSR count). The van der Waals surface area contributed by atoms with Gasteiger partial charge >= 0.3 is 6.18 Å². The quantitative estimate of drug-likeness (QED) is 0.259. The van der Waals surface area contributed by atoms with Crippen LogP contribution in [0.1, 0.15) is 41.6 Å². The second-order valence-corrected chi connectivity index (χ2v) is 9.39. The van der Waals surface area contributed by atoms with E-state index in [2.05, 4.69) is 10.3 Å². The number of Topliss-reactive ketones (excluding diaryl/α,β-unsaturated/α-hetero) is 1. The molecule has 0 radical (unpaired) electrons. The van der Waals surface area contributed by atoms with Gasteiger partial charge in [-0.1, -0.05) is 30.3 Å². The van der Waals surface area contributed by atoms with E-state index in [9.17, 15) is 23.1 Å². The Hall–Kier alpha value is -3.81. The van der Waals surface area contributed by atoms with Crippen LogP contribution in [0.5, 0.6) is 5.75 Å². The molecule has 8 heteroatoms. The van der Waals surface area contributed by atoms with Crippen molar-refractivity contribution in [2.45, 2.75) is 38.8 Å². The van der Waals surface area contributed by atoms with Crippen molar-refractivity contribution in [3.05, 3.63) is 72.1 Å². The number of nitrogens with zero attached hydrogens (tertiary/aromatic N) is 2. The number of aryl methyl sites for hydroxylation is 1. The Labute approximate surface area is 206 Å². The number of ketones is 1. The van der Waals surface area contributed by atoms with Crippen LogP contribution in [0, 0.1) is 12.8 Å². The van der Waals surface area contributed by atoms with Gasteiger partial charge in [-0.05, 0) is 49.4 Å². The molecule has 0 unspecified atom stereocenters. The van der Waals surface area contributed by atoms with Gasteiger partial charge in [-0.2, -0.15) is 13.2 Å². The number of pyridine rings is 1. The monoisotopic (exact) mass is 493 g/mol. The molecule has 0 atom stereocenters. The van der Waals surface area contributed by atoms with Gasteiger partial charge < -0.3 is 10.4 Å². The van der Waals surface area contributed by atoms with Crippen molar-refractivity contribution in [1.29, 1.82) is 0 Å². The van der Waals surface area contributed by atoms with E-state index in [4.69, 9.17) is 0 Å². The molecule has 186 valence electrons. The number of hydrogen-bond donors (Lipinski definition) is 2. The second-order valence-electron chi connectivity index (χ2n) is 9.39. The molecule has 1 aliphatic carbocycles. The average Bonchev–Trinajstić information content (AvgIpc) is 3.53. The van der Waals surface area contributed by atoms with Crippen molar-refractivity contribution in [2.75, 3.05) is 11.9 Å². The normalized spacial score (nSPS) is 13.8. The number of nitrogens with one attached hydrogen (secondary N) is 1. The average molecular weight is 494 g/mol. The summed E-state index contributed by atoms with van der Waals surface area (Å²) in [5.41, 5.74) is 5.22. The standard InChI is InChI=1S/C28H26F3N3O2/c1-17-12-19(8-9-21(17)26(36)13-18-6-7-18)24-15-33-27-23(32-11-10-28(29,30)31)14-20(16-34(24)27)22-4-2-3-5-25(22)35/h2-5,8-9,12,14-16,18,32,35H,6-7,10-11,13H2,1H3. The minimum Gasteiger partial charge on any atom is -0.507 e. The molecule has 2 N–H and O–H groups in total. The van der Waals surface area contributed by atoms with E-state index in [0.717, 1.165) is 29.7 Å². The maximum atomic E-state index is 12.8. The molecule has 4 aromatic rings. The smallest absolute Gasteiger partial charge is 0.390 e. The zero-order chi connectivity index (χ0) is 25.4. The van der Waals surface area contributed by atoms with Gasteiger partial charge in [0, 0.05) is 41.4 Å². The fourth-order valence-electron chi connectivity index (χ4n) is 4.46. The van der Waals surface area contributed by atoms with E-state index in [-0.39, 0.29) is 18.1 Å². The SMILES string of the molecule is Cc1cc(-c2cnc3c(NCCC(F)(F)F)cc(-c4ccccc4O)cn23)ccc1C(=O)CC1CC1. The summed E-state index contributed by atoms with van der Waals surface area (Å²) in [5.74, 6) is 0.721. The predicted molar refractivity (Wildman–Crippen MR) is 133 cm³/mol. The zero-order valence-electron chi connectivity index (χ0n) is 19.8. The fourth-order valence-corrected chi connectivity index (χ4v) is 4.46. The third-order valence-electron chi connectivity index (χ3n) is 6.54. The highest BCUT2D eigenvalue weighted by Gasteiger charge is 2.27. The molecule has 0 saturated heterocycles. The number of para-hydroxylation sites is 1. The first-order valence-electron chi connectivity index (χ1n) is 11.9. The number of imidazole rings is 1. The highest BCUT2D eigenvalue weighted by atomic mass is 19.4. The van der Waals surface area contributed by atoms with Gasteiger partial charge in [0.15, 0.2) is 11.4 Å². The van der Waals surface area contributed by atoms with Crippen molar-refractivity contribution < 1.29 is 23.1 Å². The lowest BCUT2D eigenvalue weighted by molar-refractivity contribution is -0.131. The number of halogens is 3. The summed E-state index contributed by atoms with van der Waals surface area (Å²) in [7, 11) is 0. The number of rotatable bonds is 8. The highest BCUT2D eigenvalue weighted by Crippen LogP contribution is 2.36. The molecule has 2 heterocycles. The Morgan fingerprint density at radius 3 is 2.61 bits per heavy atom. The molecule has 0 bridgehead atoms. The molecule has 1 fully saturated rings. The van der Waals surface area contributed by atoms with Gasteiger partial charge in [0.25, 0.3) is 0 Å². The Bertz CT molecular complexity index is 1440. The van der Waals surface area contributed by atoms with Crippen LogP contribution in [0.25, 0.3) is 28.0 Å². The number of aromatic hydroxyl groups is 1. The van der Waals surface area contributed by atoms with E-state index in [0.29, 0.717) is 40.4 Å². The lowest BCUT2D eigenvalue weighted by Crippen LogP contribution is -2.15. The molecule has 1 aliphatic rings. The molecule has 5 nitrogen and oxygen atoms in total. The number of alkyl halides is 3. The predicted octanol–water partition coefficient (Wildman–Crippen LogP) is 7.03. The van der Waals surface area contributed by atoms with Gasteiger partial charge in [-0.25, -0.2) is 4.98 Å². The first kappa shape index (κ1) is 23.9. The molecule has 0 amide bonds. The number of anilines is 1. The van der Waals surface area contributed by atoms with Crippen LogP contribution in [0.15, 0.2) is 60.9 Å². The summed E-state index contributed by atoms with van der Waals surface area (Å²) < 4.78 is 40.1. The number of fused-ring (bicyclic) bond motifs is 1. The zero-order valence-corrected chi connectivity index (χ0v) is 19.8. The number of hydrogen-bond acceptors (Lipinski definition) is 4. The largest absolute Gasteiger partial charge is 0.507 e. The molecule has 2 aromatic carbocycles. The lowest BCUT2D eigenvalue weighted by atomic mass is 9.98. The van der Waals surface area contributed by atoms with E-state index in [1.165, 1.54) is 0 Å². The lowest BCUT2D eigenvalue weighted by Gasteiger charge is -2.14. The minimum atomic E-state index is -4.28. The molecule has 0 spiro atoms. The summed E-state index contributed by atoms with van der Waals surface area (Å²) in [6.07, 6.45) is 1.01. The summed E-state index contributed by atoms with van der Waals surface area (Å²) >= 11 is 0. The van der Waals surface area contributed by atoms with Gasteiger partial charge in [0.05, 0.1) is 24.0 Å². The Balaban J connectivity index is 1.56. The van der Waals surface area contributed by atoms with E-state index in [1.807, 2.05) is 31.3 Å². The summed E-state index contributed by atoms with van der Waals surface area (Å²) in [4.78, 5) is 17.1. The topological polar surface area (TPSA) is 66.6 Å². The number of aromatic nitrogens is 2. The third kappa shape index (κ3) is 5.08. The number of phenolic OH excluding ortho intramolecular Hbond substituents is 1. The molecular formula is C28H26F3N3O2. The maximum absolute atomic E-state index is 12.8. The maximum Gasteiger partial charge on any atom is 0.390 e. The number of carbonyl (C=O) groups excluding carboxylic acids is 1. The van der Waals surface area contributed by atoms with Gasteiger partial charge in [-0.15, -0.1) is 0 Å². The molecule has 2 aromatic heterocycles. The Morgan fingerprint density at radius 2 is 1.92 bits per heavy atom. The number of benzene rings is 2. The Kier molecular flexibility index (Phi) is 6.20. The molecule has 36 heavy (non-hydrogen) atoms. The van der Waals surface area contributed by atoms with Crippen LogP contribution >= 0.6 is 0 Å². The van der Waals surface area contributed by atoms with Crippen LogP contribution in [-0.2, 0) is 0 Å².